The molecule has 0 unspecified atom stereocenters. The summed E-state index contributed by atoms with van der Waals surface area (Å²) in [6, 6.07) is 17.8. The monoisotopic (exact) mass is 384 g/mol. The van der Waals surface area contributed by atoms with Gasteiger partial charge >= 0.3 is 11.9 Å². The van der Waals surface area contributed by atoms with E-state index in [1.807, 2.05) is 0 Å². The number of fused-ring (bicyclic) bond motifs is 5. The van der Waals surface area contributed by atoms with Crippen molar-refractivity contribution >= 4 is 17.6 Å². The highest BCUT2D eigenvalue weighted by atomic mass is 16.7. The van der Waals surface area contributed by atoms with E-state index < -0.39 is 11.9 Å². The zero-order valence-corrected chi connectivity index (χ0v) is 15.9. The maximum atomic E-state index is 9.10. The molecule has 7 heteroatoms. The van der Waals surface area contributed by atoms with Crippen LogP contribution in [0.5, 0.6) is 0 Å². The van der Waals surface area contributed by atoms with Crippen LogP contribution in [-0.4, -0.2) is 53.8 Å². The Morgan fingerprint density at radius 3 is 2.29 bits per heavy atom. The molecule has 2 aromatic carbocycles. The molecule has 2 aromatic rings. The van der Waals surface area contributed by atoms with Gasteiger partial charge in [0.15, 0.2) is 0 Å². The van der Waals surface area contributed by atoms with Crippen LogP contribution in [0.3, 0.4) is 0 Å². The van der Waals surface area contributed by atoms with E-state index in [0.29, 0.717) is 6.04 Å². The molecule has 2 N–H and O–H groups in total. The van der Waals surface area contributed by atoms with Gasteiger partial charge in [0.25, 0.3) is 0 Å². The van der Waals surface area contributed by atoms with E-state index in [-0.39, 0.29) is 6.10 Å². The number of hydrogen-bond acceptors (Lipinski definition) is 5. The molecule has 7 nitrogen and oxygen atoms in total. The molecule has 0 saturated carbocycles. The number of hydrogen-bond donors (Lipinski definition) is 2. The van der Waals surface area contributed by atoms with Gasteiger partial charge in [0.2, 0.25) is 0 Å². The maximum Gasteiger partial charge on any atom is 0.414 e. The summed E-state index contributed by atoms with van der Waals surface area (Å²) < 4.78 is 0. The lowest BCUT2D eigenvalue weighted by Crippen LogP contribution is -2.27. The van der Waals surface area contributed by atoms with E-state index in [9.17, 15) is 0 Å². The SMILES string of the molecule is CN(C)C[C@H]1C[C@@H]2c3ccccc3Cc3ccccc3N2O1.O=C(O)C(=O)O. The number of nitrogens with zero attached hydrogens (tertiary/aromatic N) is 2. The number of hydroxylamine groups is 1. The zero-order valence-electron chi connectivity index (χ0n) is 15.9. The second kappa shape index (κ2) is 8.41. The van der Waals surface area contributed by atoms with Crippen LogP contribution >= 0.6 is 0 Å². The highest BCUT2D eigenvalue weighted by Crippen LogP contribution is 2.44. The van der Waals surface area contributed by atoms with Gasteiger partial charge in [-0.25, -0.2) is 14.7 Å². The predicted octanol–water partition coefficient (Wildman–Crippen LogP) is 2.56. The molecule has 1 saturated heterocycles. The first-order valence-corrected chi connectivity index (χ1v) is 9.09. The number of anilines is 1. The lowest BCUT2D eigenvalue weighted by molar-refractivity contribution is -0.159. The van der Waals surface area contributed by atoms with Crippen LogP contribution in [0, 0.1) is 0 Å². The van der Waals surface area contributed by atoms with E-state index in [1.54, 1.807) is 0 Å². The fourth-order valence-electron chi connectivity index (χ4n) is 3.72. The van der Waals surface area contributed by atoms with E-state index in [2.05, 4.69) is 72.6 Å². The van der Waals surface area contributed by atoms with Crippen molar-refractivity contribution in [3.63, 3.8) is 0 Å². The third-order valence-electron chi connectivity index (χ3n) is 4.81. The summed E-state index contributed by atoms with van der Waals surface area (Å²) in [5.74, 6) is -3.65. The van der Waals surface area contributed by atoms with E-state index in [4.69, 9.17) is 24.6 Å². The largest absolute Gasteiger partial charge is 0.473 e. The Morgan fingerprint density at radius 1 is 1.04 bits per heavy atom. The Labute approximate surface area is 163 Å². The van der Waals surface area contributed by atoms with Gasteiger partial charge in [0.05, 0.1) is 11.7 Å². The Hall–Kier alpha value is -2.90. The Bertz CT molecular complexity index is 802. The molecular weight excluding hydrogens is 360 g/mol. The molecule has 0 bridgehead atoms. The molecule has 2 aliphatic rings. The molecule has 148 valence electrons. The summed E-state index contributed by atoms with van der Waals surface area (Å²) in [5.41, 5.74) is 5.42. The van der Waals surface area contributed by atoms with Crippen LogP contribution in [0.2, 0.25) is 0 Å². The van der Waals surface area contributed by atoms with Crippen molar-refractivity contribution in [3.8, 4) is 0 Å². The summed E-state index contributed by atoms with van der Waals surface area (Å²) in [4.78, 5) is 26.7. The third kappa shape index (κ3) is 4.32. The maximum absolute atomic E-state index is 9.10. The van der Waals surface area contributed by atoms with Crippen molar-refractivity contribution in [2.24, 2.45) is 0 Å². The minimum absolute atomic E-state index is 0.249. The number of likely N-dealkylation sites (N-methyl/N-ethyl adjacent to an activating group) is 1. The summed E-state index contributed by atoms with van der Waals surface area (Å²) in [6.07, 6.45) is 2.28. The first-order chi connectivity index (χ1) is 13.4. The highest BCUT2D eigenvalue weighted by molar-refractivity contribution is 6.27. The smallest absolute Gasteiger partial charge is 0.414 e. The van der Waals surface area contributed by atoms with E-state index in [0.717, 1.165) is 19.4 Å². The summed E-state index contributed by atoms with van der Waals surface area (Å²) >= 11 is 0. The number of benzene rings is 2. The molecule has 0 spiro atoms. The Morgan fingerprint density at radius 2 is 1.64 bits per heavy atom. The van der Waals surface area contributed by atoms with Gasteiger partial charge in [-0.15, -0.1) is 0 Å². The molecule has 0 aromatic heterocycles. The molecule has 2 heterocycles. The topological polar surface area (TPSA) is 90.3 Å². The molecule has 2 atom stereocenters. The number of para-hydroxylation sites is 1. The normalized spacial score (nSPS) is 19.6. The van der Waals surface area contributed by atoms with Gasteiger partial charge in [-0.2, -0.15) is 0 Å². The van der Waals surface area contributed by atoms with Crippen molar-refractivity contribution in [2.45, 2.75) is 25.0 Å². The summed E-state index contributed by atoms with van der Waals surface area (Å²) in [6.45, 7) is 0.956. The molecular formula is C21H24N2O5. The minimum Gasteiger partial charge on any atom is -0.473 e. The van der Waals surface area contributed by atoms with Gasteiger partial charge in [0, 0.05) is 13.0 Å². The fourth-order valence-corrected chi connectivity index (χ4v) is 3.72. The first kappa shape index (κ1) is 19.9. The molecule has 28 heavy (non-hydrogen) atoms. The van der Waals surface area contributed by atoms with Crippen LogP contribution in [-0.2, 0) is 20.8 Å². The van der Waals surface area contributed by atoms with Crippen LogP contribution < -0.4 is 5.06 Å². The average molecular weight is 384 g/mol. The lowest BCUT2D eigenvalue weighted by Gasteiger charge is -2.25. The van der Waals surface area contributed by atoms with Gasteiger partial charge in [-0.1, -0.05) is 42.5 Å². The van der Waals surface area contributed by atoms with Crippen molar-refractivity contribution in [2.75, 3.05) is 25.7 Å². The van der Waals surface area contributed by atoms with Gasteiger partial charge < -0.3 is 15.1 Å². The Balaban J connectivity index is 0.000000330. The molecule has 0 amide bonds. The van der Waals surface area contributed by atoms with Crippen LogP contribution in [0.4, 0.5) is 5.69 Å². The molecule has 2 aliphatic heterocycles. The summed E-state index contributed by atoms with van der Waals surface area (Å²) in [5, 5.41) is 16.9. The van der Waals surface area contributed by atoms with Gasteiger partial charge in [0.1, 0.15) is 6.10 Å². The standard InChI is InChI=1S/C19H22N2O.C2H2O4/c1-20(2)13-16-12-19-17-9-5-3-7-14(17)11-15-8-4-6-10-18(15)21(19)22-16;3-1(4)2(5)6/h3-10,16,19H,11-13H2,1-2H3;(H,3,4)(H,5,6)/t16-,19-;/m1./s1. The van der Waals surface area contributed by atoms with Crippen LogP contribution in [0.1, 0.15) is 29.2 Å². The van der Waals surface area contributed by atoms with Gasteiger partial charge in [-0.3, -0.25) is 4.84 Å². The number of carboxylic acid groups (broad SMARTS) is 2. The zero-order chi connectivity index (χ0) is 20.3. The third-order valence-corrected chi connectivity index (χ3v) is 4.81. The lowest BCUT2D eigenvalue weighted by atomic mass is 9.95. The van der Waals surface area contributed by atoms with Crippen LogP contribution in [0.25, 0.3) is 0 Å². The van der Waals surface area contributed by atoms with Crippen molar-refractivity contribution in [1.82, 2.24) is 4.90 Å². The number of carboxylic acids is 2. The van der Waals surface area contributed by atoms with Gasteiger partial charge in [-0.05, 0) is 43.3 Å². The molecule has 0 radical (unpaired) electrons. The highest BCUT2D eigenvalue weighted by Gasteiger charge is 2.38. The average Bonchev–Trinajstić information content (AvgIpc) is 3.00. The van der Waals surface area contributed by atoms with Crippen molar-refractivity contribution < 1.29 is 24.6 Å². The minimum atomic E-state index is -1.82. The predicted molar refractivity (Wildman–Crippen MR) is 104 cm³/mol. The van der Waals surface area contributed by atoms with Crippen molar-refractivity contribution in [1.29, 1.82) is 0 Å². The second-order valence-corrected chi connectivity index (χ2v) is 7.18. The van der Waals surface area contributed by atoms with E-state index in [1.165, 1.54) is 22.4 Å². The molecule has 4 rings (SSSR count). The van der Waals surface area contributed by atoms with Crippen LogP contribution in [0.15, 0.2) is 48.5 Å². The second-order valence-electron chi connectivity index (χ2n) is 7.18. The summed E-state index contributed by atoms with van der Waals surface area (Å²) in [7, 11) is 4.21. The quantitative estimate of drug-likeness (QED) is 0.769. The fraction of sp³-hybridized carbons (Fsp3) is 0.333. The first-order valence-electron chi connectivity index (χ1n) is 9.09. The van der Waals surface area contributed by atoms with E-state index >= 15 is 0 Å². The van der Waals surface area contributed by atoms with Crippen molar-refractivity contribution in [3.05, 3.63) is 65.2 Å². The number of aliphatic carboxylic acids is 2. The Kier molecular flexibility index (Phi) is 5.96. The molecule has 1 fully saturated rings. The number of rotatable bonds is 2. The number of carbonyl (C=O) groups is 2. The molecule has 0 aliphatic carbocycles.